The number of carboxylic acids is 1. The predicted molar refractivity (Wildman–Crippen MR) is 55.3 cm³/mol. The highest BCUT2D eigenvalue weighted by atomic mass is 32.2. The van der Waals surface area contributed by atoms with Crippen LogP contribution in [0.2, 0.25) is 0 Å². The van der Waals surface area contributed by atoms with Gasteiger partial charge in [-0.25, -0.2) is 0 Å². The second-order valence-electron chi connectivity index (χ2n) is 2.77. The van der Waals surface area contributed by atoms with Crippen LogP contribution in [0.5, 0.6) is 0 Å². The van der Waals surface area contributed by atoms with Crippen molar-refractivity contribution in [2.45, 2.75) is 5.16 Å². The summed E-state index contributed by atoms with van der Waals surface area (Å²) in [6, 6.07) is 3.54. The lowest BCUT2D eigenvalue weighted by molar-refractivity contribution is -0.133. The molecule has 8 heteroatoms. The van der Waals surface area contributed by atoms with Crippen molar-refractivity contribution >= 4 is 17.7 Å². The summed E-state index contributed by atoms with van der Waals surface area (Å²) in [5.74, 6) is -0.994. The van der Waals surface area contributed by atoms with Gasteiger partial charge in [0.25, 0.3) is 0 Å². The highest BCUT2D eigenvalue weighted by molar-refractivity contribution is 7.99. The van der Waals surface area contributed by atoms with Crippen LogP contribution in [-0.2, 0) is 4.79 Å². The minimum absolute atomic E-state index is 0.0827. The normalized spacial score (nSPS) is 10.2. The lowest BCUT2D eigenvalue weighted by Crippen LogP contribution is -2.03. The van der Waals surface area contributed by atoms with E-state index in [0.717, 1.165) is 11.8 Å². The van der Waals surface area contributed by atoms with Crippen LogP contribution in [0.4, 0.5) is 0 Å². The molecule has 2 aromatic heterocycles. The van der Waals surface area contributed by atoms with Crippen molar-refractivity contribution in [2.75, 3.05) is 5.75 Å². The van der Waals surface area contributed by atoms with Gasteiger partial charge in [-0.3, -0.25) is 9.78 Å². The average Bonchev–Trinajstić information content (AvgIpc) is 2.75. The molecular formula is C8H7N5O2S. The zero-order valence-electron chi connectivity index (χ0n) is 8.02. The van der Waals surface area contributed by atoms with Gasteiger partial charge in [0.05, 0.1) is 17.6 Å². The molecule has 0 unspecified atom stereocenters. The fourth-order valence-electron chi connectivity index (χ4n) is 1.04. The summed E-state index contributed by atoms with van der Waals surface area (Å²) in [5.41, 5.74) is 0.695. The second-order valence-corrected chi connectivity index (χ2v) is 3.71. The minimum atomic E-state index is -0.911. The third-order valence-electron chi connectivity index (χ3n) is 1.66. The van der Waals surface area contributed by atoms with Gasteiger partial charge in [-0.05, 0) is 22.6 Å². The number of tetrazole rings is 1. The maximum absolute atomic E-state index is 10.4. The van der Waals surface area contributed by atoms with E-state index in [4.69, 9.17) is 5.11 Å². The van der Waals surface area contributed by atoms with Crippen LogP contribution in [0.25, 0.3) is 5.69 Å². The Bertz CT molecular complexity index is 486. The summed E-state index contributed by atoms with van der Waals surface area (Å²) in [6.07, 6.45) is 3.24. The maximum atomic E-state index is 10.4. The highest BCUT2D eigenvalue weighted by Crippen LogP contribution is 2.16. The molecule has 0 aliphatic carbocycles. The van der Waals surface area contributed by atoms with Gasteiger partial charge in [0, 0.05) is 6.20 Å². The first kappa shape index (κ1) is 10.6. The molecule has 0 bridgehead atoms. The van der Waals surface area contributed by atoms with Crippen LogP contribution in [0.1, 0.15) is 0 Å². The Balaban J connectivity index is 2.23. The molecule has 0 saturated heterocycles. The minimum Gasteiger partial charge on any atom is -0.481 e. The summed E-state index contributed by atoms with van der Waals surface area (Å²) < 4.78 is 1.45. The van der Waals surface area contributed by atoms with Gasteiger partial charge < -0.3 is 5.11 Å². The molecule has 16 heavy (non-hydrogen) atoms. The van der Waals surface area contributed by atoms with Gasteiger partial charge in [0.15, 0.2) is 0 Å². The molecule has 82 valence electrons. The fraction of sp³-hybridized carbons (Fsp3) is 0.125. The average molecular weight is 237 g/mol. The van der Waals surface area contributed by atoms with Crippen molar-refractivity contribution in [2.24, 2.45) is 0 Å². The van der Waals surface area contributed by atoms with E-state index in [1.54, 1.807) is 24.5 Å². The van der Waals surface area contributed by atoms with Crippen molar-refractivity contribution in [3.63, 3.8) is 0 Å². The molecule has 7 nitrogen and oxygen atoms in total. The first-order valence-corrected chi connectivity index (χ1v) is 5.29. The van der Waals surface area contributed by atoms with Gasteiger partial charge in [-0.2, -0.15) is 4.68 Å². The quantitative estimate of drug-likeness (QED) is 0.761. The van der Waals surface area contributed by atoms with Gasteiger partial charge in [-0.1, -0.05) is 11.8 Å². The zero-order valence-corrected chi connectivity index (χ0v) is 8.83. The molecule has 2 aromatic rings. The third kappa shape index (κ3) is 2.34. The molecular weight excluding hydrogens is 230 g/mol. The van der Waals surface area contributed by atoms with E-state index in [-0.39, 0.29) is 5.75 Å². The van der Waals surface area contributed by atoms with Crippen LogP contribution in [0, 0.1) is 0 Å². The van der Waals surface area contributed by atoms with Crippen molar-refractivity contribution in [3.05, 3.63) is 24.5 Å². The van der Waals surface area contributed by atoms with E-state index in [1.165, 1.54) is 4.68 Å². The number of aromatic nitrogens is 5. The van der Waals surface area contributed by atoms with Crippen LogP contribution < -0.4 is 0 Å². The SMILES string of the molecule is O=C(O)CSc1nnnn1-c1cccnc1. The molecule has 0 aliphatic heterocycles. The first-order valence-electron chi connectivity index (χ1n) is 4.31. The molecule has 0 spiro atoms. The molecule has 0 saturated carbocycles. The molecule has 1 N–H and O–H groups in total. The second kappa shape index (κ2) is 4.71. The molecule has 2 rings (SSSR count). The van der Waals surface area contributed by atoms with Crippen molar-refractivity contribution in [1.82, 2.24) is 25.2 Å². The van der Waals surface area contributed by atoms with E-state index in [0.29, 0.717) is 10.8 Å². The molecule has 0 fully saturated rings. The number of hydrogen-bond acceptors (Lipinski definition) is 6. The van der Waals surface area contributed by atoms with Crippen LogP contribution >= 0.6 is 11.8 Å². The van der Waals surface area contributed by atoms with Crippen LogP contribution in [0.15, 0.2) is 29.7 Å². The molecule has 0 aliphatic rings. The van der Waals surface area contributed by atoms with E-state index >= 15 is 0 Å². The standard InChI is InChI=1S/C8H7N5O2S/c14-7(15)5-16-8-10-11-12-13(8)6-2-1-3-9-4-6/h1-4H,5H2,(H,14,15). The number of hydrogen-bond donors (Lipinski definition) is 1. The summed E-state index contributed by atoms with van der Waals surface area (Å²) in [7, 11) is 0. The molecule has 0 amide bonds. The zero-order chi connectivity index (χ0) is 11.4. The Morgan fingerprint density at radius 3 is 3.12 bits per heavy atom. The van der Waals surface area contributed by atoms with Crippen molar-refractivity contribution < 1.29 is 9.90 Å². The first-order chi connectivity index (χ1) is 7.77. The van der Waals surface area contributed by atoms with Gasteiger partial charge in [0.1, 0.15) is 0 Å². The number of carboxylic acid groups (broad SMARTS) is 1. The summed E-state index contributed by atoms with van der Waals surface area (Å²) in [4.78, 5) is 14.4. The van der Waals surface area contributed by atoms with E-state index in [9.17, 15) is 4.79 Å². The van der Waals surface area contributed by atoms with Gasteiger partial charge >= 0.3 is 5.97 Å². The fourth-order valence-corrected chi connectivity index (χ4v) is 1.65. The molecule has 0 radical (unpaired) electrons. The number of nitrogens with zero attached hydrogens (tertiary/aromatic N) is 5. The summed E-state index contributed by atoms with van der Waals surface area (Å²) in [5, 5.41) is 20.0. The summed E-state index contributed by atoms with van der Waals surface area (Å²) in [6.45, 7) is 0. The Kier molecular flexibility index (Phi) is 3.10. The topological polar surface area (TPSA) is 93.8 Å². The van der Waals surface area contributed by atoms with E-state index in [1.807, 2.05) is 0 Å². The number of aliphatic carboxylic acids is 1. The number of rotatable bonds is 4. The molecule has 2 heterocycles. The number of pyridine rings is 1. The Morgan fingerprint density at radius 1 is 1.56 bits per heavy atom. The lowest BCUT2D eigenvalue weighted by Gasteiger charge is -2.01. The third-order valence-corrected chi connectivity index (χ3v) is 2.56. The highest BCUT2D eigenvalue weighted by Gasteiger charge is 2.10. The lowest BCUT2D eigenvalue weighted by atomic mass is 10.4. The Hall–Kier alpha value is -1.96. The summed E-state index contributed by atoms with van der Waals surface area (Å²) >= 11 is 1.06. The largest absolute Gasteiger partial charge is 0.481 e. The Morgan fingerprint density at radius 2 is 2.44 bits per heavy atom. The van der Waals surface area contributed by atoms with E-state index in [2.05, 4.69) is 20.5 Å². The van der Waals surface area contributed by atoms with Gasteiger partial charge in [0.2, 0.25) is 5.16 Å². The molecule has 0 atom stereocenters. The Labute approximate surface area is 94.5 Å². The van der Waals surface area contributed by atoms with Crippen LogP contribution in [0.3, 0.4) is 0 Å². The predicted octanol–water partition coefficient (Wildman–Crippen LogP) is 0.234. The van der Waals surface area contributed by atoms with E-state index < -0.39 is 5.97 Å². The number of carbonyl (C=O) groups is 1. The maximum Gasteiger partial charge on any atom is 0.313 e. The monoisotopic (exact) mass is 237 g/mol. The molecule has 0 aromatic carbocycles. The number of thioether (sulfide) groups is 1. The smallest absolute Gasteiger partial charge is 0.313 e. The van der Waals surface area contributed by atoms with Gasteiger partial charge in [-0.15, -0.1) is 5.10 Å². The van der Waals surface area contributed by atoms with Crippen molar-refractivity contribution in [1.29, 1.82) is 0 Å². The van der Waals surface area contributed by atoms with Crippen LogP contribution in [-0.4, -0.2) is 42.0 Å². The van der Waals surface area contributed by atoms with Crippen molar-refractivity contribution in [3.8, 4) is 5.69 Å².